The number of nitrogens with two attached hydrogens (primary N) is 1. The number of benzene rings is 1. The number of rotatable bonds is 8. The summed E-state index contributed by atoms with van der Waals surface area (Å²) >= 11 is 0. The Hall–Kier alpha value is -2.94. The first-order chi connectivity index (χ1) is 18.4. The minimum atomic E-state index is -0.759. The Morgan fingerprint density at radius 1 is 1.21 bits per heavy atom. The minimum Gasteiger partial charge on any atom is -0.367 e. The van der Waals surface area contributed by atoms with E-state index in [0.29, 0.717) is 17.0 Å². The number of amides is 2. The van der Waals surface area contributed by atoms with Crippen molar-refractivity contribution in [2.24, 2.45) is 16.8 Å². The summed E-state index contributed by atoms with van der Waals surface area (Å²) in [5, 5.41) is 3.83. The summed E-state index contributed by atoms with van der Waals surface area (Å²) < 4.78 is 5.65. The number of hydrogen-bond acceptors (Lipinski definition) is 6. The van der Waals surface area contributed by atoms with Crippen LogP contribution in [0.5, 0.6) is 0 Å². The van der Waals surface area contributed by atoms with Gasteiger partial charge in [0.25, 0.3) is 0 Å². The van der Waals surface area contributed by atoms with Crippen molar-refractivity contribution in [2.75, 3.05) is 32.8 Å². The summed E-state index contributed by atoms with van der Waals surface area (Å²) in [6.07, 6.45) is 6.37. The third-order valence-electron chi connectivity index (χ3n) is 9.05. The first-order valence-corrected chi connectivity index (χ1v) is 14.1. The Bertz CT molecular complexity index is 1120. The number of ether oxygens (including phenoxy) is 1. The van der Waals surface area contributed by atoms with Crippen LogP contribution in [0, 0.1) is 5.92 Å². The van der Waals surface area contributed by atoms with Crippen LogP contribution < -0.4 is 5.73 Å². The molecule has 5 rings (SSSR count). The molecule has 1 aliphatic carbocycles. The lowest BCUT2D eigenvalue weighted by atomic mass is 9.78. The van der Waals surface area contributed by atoms with E-state index in [4.69, 9.17) is 16.0 Å². The van der Waals surface area contributed by atoms with Crippen molar-refractivity contribution in [2.45, 2.75) is 81.9 Å². The van der Waals surface area contributed by atoms with Gasteiger partial charge in [0.2, 0.25) is 11.8 Å². The first-order valence-electron chi connectivity index (χ1n) is 14.1. The summed E-state index contributed by atoms with van der Waals surface area (Å²) in [5.74, 6) is -1.09. The average Bonchev–Trinajstić information content (AvgIpc) is 3.65. The molecule has 10 nitrogen and oxygen atoms in total. The highest BCUT2D eigenvalue weighted by Gasteiger charge is 2.53. The topological polar surface area (TPSA) is 142 Å². The number of nitrogens with zero attached hydrogens (tertiary/aromatic N) is 5. The fraction of sp³-hybridized carbons (Fsp3) is 0.679. The number of fused-ring (bicyclic) bond motifs is 1. The molecule has 3 saturated heterocycles. The minimum absolute atomic E-state index is 0.0524. The Balaban J connectivity index is 1.50. The second kappa shape index (κ2) is 11.4. The van der Waals surface area contributed by atoms with E-state index in [9.17, 15) is 14.4 Å². The van der Waals surface area contributed by atoms with E-state index in [1.807, 2.05) is 12.1 Å². The molecule has 38 heavy (non-hydrogen) atoms. The number of piperidine rings is 1. The van der Waals surface area contributed by atoms with Gasteiger partial charge in [0.1, 0.15) is 12.6 Å². The average molecular weight is 523 g/mol. The first kappa shape index (κ1) is 26.7. The summed E-state index contributed by atoms with van der Waals surface area (Å²) in [6, 6.07) is 4.47. The van der Waals surface area contributed by atoms with E-state index in [2.05, 4.69) is 21.8 Å². The predicted molar refractivity (Wildman–Crippen MR) is 142 cm³/mol. The second-order valence-corrected chi connectivity index (χ2v) is 11.3. The molecular formula is C28H38N6O4. The van der Waals surface area contributed by atoms with Crippen LogP contribution in [-0.4, -0.2) is 78.4 Å². The Morgan fingerprint density at radius 2 is 1.95 bits per heavy atom. The third-order valence-corrected chi connectivity index (χ3v) is 9.05. The number of hydrogen-bond donors (Lipinski definition) is 1. The van der Waals surface area contributed by atoms with Crippen LogP contribution in [-0.2, 0) is 14.3 Å². The number of carbonyl (C=O) groups is 3. The summed E-state index contributed by atoms with van der Waals surface area (Å²) in [7, 11) is 0. The van der Waals surface area contributed by atoms with Gasteiger partial charge in [0.05, 0.1) is 18.1 Å². The highest BCUT2D eigenvalue weighted by Crippen LogP contribution is 2.43. The quantitative estimate of drug-likeness (QED) is 0.316. The maximum absolute atomic E-state index is 14.4. The van der Waals surface area contributed by atoms with Crippen LogP contribution >= 0.6 is 0 Å². The maximum atomic E-state index is 14.4. The molecule has 2 amide bonds. The van der Waals surface area contributed by atoms with Gasteiger partial charge in [-0.3, -0.25) is 14.4 Å². The monoisotopic (exact) mass is 522 g/mol. The molecule has 4 fully saturated rings. The van der Waals surface area contributed by atoms with Gasteiger partial charge >= 0.3 is 0 Å². The van der Waals surface area contributed by atoms with E-state index in [1.54, 1.807) is 11.0 Å². The fourth-order valence-corrected chi connectivity index (χ4v) is 7.21. The zero-order chi connectivity index (χ0) is 26.8. The highest BCUT2D eigenvalue weighted by atomic mass is 16.5. The molecule has 0 radical (unpaired) electrons. The number of carbonyl (C=O) groups excluding carboxylic acids is 3. The molecule has 4 aliphatic rings. The fourth-order valence-electron chi connectivity index (χ4n) is 7.21. The van der Waals surface area contributed by atoms with E-state index in [1.165, 1.54) is 0 Å². The number of likely N-dealkylation sites (tertiary alicyclic amines) is 2. The van der Waals surface area contributed by atoms with Gasteiger partial charge in [0.15, 0.2) is 5.78 Å². The van der Waals surface area contributed by atoms with Gasteiger partial charge in [-0.2, -0.15) is 0 Å². The van der Waals surface area contributed by atoms with Crippen molar-refractivity contribution in [3.05, 3.63) is 45.3 Å². The summed E-state index contributed by atoms with van der Waals surface area (Å²) in [5.41, 5.74) is 17.1. The molecule has 3 aliphatic heterocycles. The van der Waals surface area contributed by atoms with Gasteiger partial charge in [-0.1, -0.05) is 37.0 Å². The van der Waals surface area contributed by atoms with Gasteiger partial charge in [-0.15, -0.1) is 0 Å². The molecule has 10 heteroatoms. The SMILES string of the molecule is CCCN1CCC(c2ccc(C(N)=O)c([C@@H](C(=O)N3C[C@@H](N=[N+]=[N-])[C@H]4OCC(=O)[C@H]43)C3CCCC3)c2)CC1. The molecule has 204 valence electrons. The largest absolute Gasteiger partial charge is 0.367 e. The van der Waals surface area contributed by atoms with E-state index in [-0.39, 0.29) is 30.8 Å². The molecule has 1 aromatic carbocycles. The van der Waals surface area contributed by atoms with Crippen molar-refractivity contribution in [3.63, 3.8) is 0 Å². The van der Waals surface area contributed by atoms with Gasteiger partial charge in [-0.05, 0) is 86.3 Å². The number of azide groups is 1. The summed E-state index contributed by atoms with van der Waals surface area (Å²) in [6.45, 7) is 5.42. The Morgan fingerprint density at radius 3 is 2.61 bits per heavy atom. The van der Waals surface area contributed by atoms with Crippen LogP contribution in [0.25, 0.3) is 10.4 Å². The van der Waals surface area contributed by atoms with Crippen molar-refractivity contribution >= 4 is 17.6 Å². The molecule has 0 unspecified atom stereocenters. The van der Waals surface area contributed by atoms with Crippen molar-refractivity contribution < 1.29 is 19.1 Å². The van der Waals surface area contributed by atoms with Crippen molar-refractivity contribution in [3.8, 4) is 0 Å². The smallest absolute Gasteiger partial charge is 0.249 e. The van der Waals surface area contributed by atoms with Crippen molar-refractivity contribution in [1.82, 2.24) is 9.80 Å². The standard InChI is InChI=1S/C28H38N6O4/c1-2-11-33-12-9-17(10-13-33)19-7-8-20(27(29)36)21(14-19)24(18-5-3-4-6-18)28(37)34-15-22(31-32-30)26-25(34)23(35)16-38-26/h7-8,14,17-18,22,24-26H,2-6,9-13,15-16H2,1H3,(H2,29,36)/t22-,24+,25-,26-/m1/s1. The van der Waals surface area contributed by atoms with Gasteiger partial charge in [0, 0.05) is 17.0 Å². The zero-order valence-corrected chi connectivity index (χ0v) is 22.1. The zero-order valence-electron chi connectivity index (χ0n) is 22.1. The normalized spacial score (nSPS) is 27.3. The Labute approximate surface area is 223 Å². The number of ketones is 1. The van der Waals surface area contributed by atoms with E-state index in [0.717, 1.165) is 70.1 Å². The van der Waals surface area contributed by atoms with Crippen LogP contribution in [0.1, 0.15) is 85.2 Å². The summed E-state index contributed by atoms with van der Waals surface area (Å²) in [4.78, 5) is 46.7. The predicted octanol–water partition coefficient (Wildman–Crippen LogP) is 3.51. The molecular weight excluding hydrogens is 484 g/mol. The molecule has 0 aromatic heterocycles. The second-order valence-electron chi connectivity index (χ2n) is 11.3. The van der Waals surface area contributed by atoms with Crippen LogP contribution in [0.2, 0.25) is 0 Å². The van der Waals surface area contributed by atoms with E-state index >= 15 is 0 Å². The molecule has 0 spiro atoms. The van der Waals surface area contributed by atoms with E-state index < -0.39 is 30.0 Å². The lowest BCUT2D eigenvalue weighted by Crippen LogP contribution is -2.45. The van der Waals surface area contributed by atoms with Crippen molar-refractivity contribution in [1.29, 1.82) is 0 Å². The van der Waals surface area contributed by atoms with Gasteiger partial charge < -0.3 is 20.3 Å². The van der Waals surface area contributed by atoms with Crippen LogP contribution in [0.15, 0.2) is 23.3 Å². The Kier molecular flexibility index (Phi) is 8.02. The van der Waals surface area contributed by atoms with Crippen LogP contribution in [0.4, 0.5) is 0 Å². The molecule has 1 saturated carbocycles. The molecule has 1 aromatic rings. The third kappa shape index (κ3) is 5.05. The number of primary amides is 1. The lowest BCUT2D eigenvalue weighted by Gasteiger charge is -2.34. The lowest BCUT2D eigenvalue weighted by molar-refractivity contribution is -0.138. The van der Waals surface area contributed by atoms with Gasteiger partial charge in [-0.25, -0.2) is 0 Å². The molecule has 2 N–H and O–H groups in total. The highest BCUT2D eigenvalue weighted by molar-refractivity contribution is 5.99. The molecule has 0 bridgehead atoms. The molecule has 4 atom stereocenters. The maximum Gasteiger partial charge on any atom is 0.249 e. The number of Topliss-reactive ketones (excluding diaryl/α,β-unsaturated/α-hetero) is 1. The van der Waals surface area contributed by atoms with Crippen LogP contribution in [0.3, 0.4) is 0 Å². The molecule has 3 heterocycles.